The van der Waals surface area contributed by atoms with Crippen molar-refractivity contribution in [2.24, 2.45) is 0 Å². The number of carboxylic acid groups (broad SMARTS) is 1. The second kappa shape index (κ2) is 7.46. The Morgan fingerprint density at radius 3 is 2.44 bits per heavy atom. The highest BCUT2D eigenvalue weighted by Crippen LogP contribution is 2.32. The third-order valence-electron chi connectivity index (χ3n) is 2.39. The number of benzene rings is 1. The van der Waals surface area contributed by atoms with Crippen LogP contribution in [-0.2, 0) is 4.79 Å². The lowest BCUT2D eigenvalue weighted by molar-refractivity contribution is -0.134. The van der Waals surface area contributed by atoms with Gasteiger partial charge < -0.3 is 15.3 Å². The first-order valence-electron chi connectivity index (χ1n) is 5.61. The Bertz CT molecular complexity index is 403. The van der Waals surface area contributed by atoms with Crippen LogP contribution in [0.3, 0.4) is 0 Å². The fourth-order valence-electron chi connectivity index (χ4n) is 1.64. The average molecular weight is 291 g/mol. The number of nitrogens with one attached hydrogen (secondary N) is 1. The molecule has 0 bridgehead atoms. The van der Waals surface area contributed by atoms with E-state index in [-0.39, 0.29) is 0 Å². The van der Waals surface area contributed by atoms with E-state index in [4.69, 9.17) is 33.1 Å². The van der Waals surface area contributed by atoms with Crippen LogP contribution in [0.25, 0.3) is 0 Å². The van der Waals surface area contributed by atoms with E-state index >= 15 is 0 Å². The molecule has 0 unspecified atom stereocenters. The maximum atomic E-state index is 9.00. The molecule has 0 amide bonds. The van der Waals surface area contributed by atoms with Crippen molar-refractivity contribution in [1.29, 1.82) is 0 Å². The van der Waals surface area contributed by atoms with Crippen molar-refractivity contribution < 1.29 is 9.90 Å². The highest BCUT2D eigenvalue weighted by atomic mass is 35.5. The van der Waals surface area contributed by atoms with E-state index in [0.717, 1.165) is 38.8 Å². The molecule has 4 nitrogen and oxygen atoms in total. The summed E-state index contributed by atoms with van der Waals surface area (Å²) in [6.45, 7) is 5.06. The van der Waals surface area contributed by atoms with Gasteiger partial charge in [-0.25, -0.2) is 0 Å². The average Bonchev–Trinajstić information content (AvgIpc) is 2.33. The van der Waals surface area contributed by atoms with Crippen molar-refractivity contribution in [2.45, 2.75) is 6.92 Å². The van der Waals surface area contributed by atoms with Gasteiger partial charge >= 0.3 is 0 Å². The van der Waals surface area contributed by atoms with Crippen molar-refractivity contribution in [3.05, 3.63) is 28.2 Å². The summed E-state index contributed by atoms with van der Waals surface area (Å²) in [4.78, 5) is 11.3. The molecule has 1 saturated heterocycles. The highest BCUT2D eigenvalue weighted by Gasteiger charge is 2.14. The quantitative estimate of drug-likeness (QED) is 0.834. The Morgan fingerprint density at radius 1 is 1.33 bits per heavy atom. The van der Waals surface area contributed by atoms with E-state index < -0.39 is 5.97 Å². The number of hydrogen-bond acceptors (Lipinski definition) is 3. The summed E-state index contributed by atoms with van der Waals surface area (Å²) in [7, 11) is 0. The molecule has 1 aliphatic heterocycles. The van der Waals surface area contributed by atoms with Gasteiger partial charge in [-0.2, -0.15) is 0 Å². The van der Waals surface area contributed by atoms with Crippen LogP contribution < -0.4 is 10.2 Å². The zero-order chi connectivity index (χ0) is 13.5. The Labute approximate surface area is 116 Å². The topological polar surface area (TPSA) is 52.6 Å². The number of halogens is 2. The number of aliphatic carboxylic acids is 1. The fourth-order valence-corrected chi connectivity index (χ4v) is 2.06. The number of piperazine rings is 1. The van der Waals surface area contributed by atoms with Crippen molar-refractivity contribution >= 4 is 34.9 Å². The Balaban J connectivity index is 0.000000357. The van der Waals surface area contributed by atoms with Gasteiger partial charge in [-0.05, 0) is 12.1 Å². The highest BCUT2D eigenvalue weighted by molar-refractivity contribution is 6.43. The molecule has 0 radical (unpaired) electrons. The molecule has 0 atom stereocenters. The molecular weight excluding hydrogens is 275 g/mol. The molecule has 0 saturated carbocycles. The van der Waals surface area contributed by atoms with E-state index in [1.165, 1.54) is 0 Å². The molecule has 2 N–H and O–H groups in total. The predicted molar refractivity (Wildman–Crippen MR) is 74.9 cm³/mol. The molecule has 1 aromatic carbocycles. The van der Waals surface area contributed by atoms with Crippen LogP contribution in [0.5, 0.6) is 0 Å². The molecule has 6 heteroatoms. The summed E-state index contributed by atoms with van der Waals surface area (Å²) < 4.78 is 0. The lowest BCUT2D eigenvalue weighted by Crippen LogP contribution is -2.43. The molecule has 1 aromatic rings. The van der Waals surface area contributed by atoms with Crippen molar-refractivity contribution in [2.75, 3.05) is 31.1 Å². The largest absolute Gasteiger partial charge is 0.481 e. The van der Waals surface area contributed by atoms with Gasteiger partial charge in [-0.3, -0.25) is 4.79 Å². The second-order valence-corrected chi connectivity index (χ2v) is 4.61. The number of carboxylic acids is 1. The summed E-state index contributed by atoms with van der Waals surface area (Å²) >= 11 is 12.1. The molecule has 18 heavy (non-hydrogen) atoms. The summed E-state index contributed by atoms with van der Waals surface area (Å²) in [5.74, 6) is -0.833. The molecule has 1 aliphatic rings. The second-order valence-electron chi connectivity index (χ2n) is 3.83. The molecule has 2 rings (SSSR count). The van der Waals surface area contributed by atoms with Gasteiger partial charge in [-0.15, -0.1) is 0 Å². The summed E-state index contributed by atoms with van der Waals surface area (Å²) in [6.07, 6.45) is 0. The van der Waals surface area contributed by atoms with Crippen molar-refractivity contribution in [3.63, 3.8) is 0 Å². The summed E-state index contributed by atoms with van der Waals surface area (Å²) in [6, 6.07) is 5.76. The SMILES string of the molecule is CC(=O)O.Clc1cccc(N2CCNCC2)c1Cl. The van der Waals surface area contributed by atoms with Gasteiger partial charge in [0, 0.05) is 33.1 Å². The molecule has 1 fully saturated rings. The Morgan fingerprint density at radius 2 is 1.89 bits per heavy atom. The zero-order valence-electron chi connectivity index (χ0n) is 10.1. The minimum Gasteiger partial charge on any atom is -0.481 e. The molecule has 0 aromatic heterocycles. The Hall–Kier alpha value is -0.970. The van der Waals surface area contributed by atoms with E-state index in [1.54, 1.807) is 0 Å². The van der Waals surface area contributed by atoms with Gasteiger partial charge in [0.1, 0.15) is 0 Å². The first-order chi connectivity index (χ1) is 8.52. The number of hydrogen-bond donors (Lipinski definition) is 2. The first-order valence-corrected chi connectivity index (χ1v) is 6.37. The van der Waals surface area contributed by atoms with Crippen LogP contribution in [-0.4, -0.2) is 37.3 Å². The third-order valence-corrected chi connectivity index (χ3v) is 3.20. The van der Waals surface area contributed by atoms with Crippen molar-refractivity contribution in [1.82, 2.24) is 5.32 Å². The molecule has 0 aliphatic carbocycles. The van der Waals surface area contributed by atoms with Crippen LogP contribution in [0.2, 0.25) is 10.0 Å². The van der Waals surface area contributed by atoms with Gasteiger partial charge in [0.05, 0.1) is 15.7 Å². The maximum absolute atomic E-state index is 9.00. The van der Waals surface area contributed by atoms with Gasteiger partial charge in [-0.1, -0.05) is 29.3 Å². The molecular formula is C12H16Cl2N2O2. The lowest BCUT2D eigenvalue weighted by Gasteiger charge is -2.30. The number of anilines is 1. The summed E-state index contributed by atoms with van der Waals surface area (Å²) in [5.41, 5.74) is 1.04. The zero-order valence-corrected chi connectivity index (χ0v) is 11.6. The number of nitrogens with zero attached hydrogens (tertiary/aromatic N) is 1. The summed E-state index contributed by atoms with van der Waals surface area (Å²) in [5, 5.41) is 12.0. The normalized spacial score (nSPS) is 14.7. The van der Waals surface area contributed by atoms with Gasteiger partial charge in [0.15, 0.2) is 0 Å². The fraction of sp³-hybridized carbons (Fsp3) is 0.417. The van der Waals surface area contributed by atoms with E-state index in [1.807, 2.05) is 18.2 Å². The van der Waals surface area contributed by atoms with Crippen LogP contribution in [0.1, 0.15) is 6.92 Å². The van der Waals surface area contributed by atoms with Crippen LogP contribution in [0.15, 0.2) is 18.2 Å². The minimum atomic E-state index is -0.833. The predicted octanol–water partition coefficient (Wildman–Crippen LogP) is 2.49. The lowest BCUT2D eigenvalue weighted by atomic mass is 10.2. The van der Waals surface area contributed by atoms with Gasteiger partial charge in [0.25, 0.3) is 5.97 Å². The van der Waals surface area contributed by atoms with E-state index in [0.29, 0.717) is 10.0 Å². The van der Waals surface area contributed by atoms with E-state index in [2.05, 4.69) is 10.2 Å². The van der Waals surface area contributed by atoms with Crippen LogP contribution in [0.4, 0.5) is 5.69 Å². The standard InChI is InChI=1S/C10H12Cl2N2.C2H4O2/c11-8-2-1-3-9(10(8)12)14-6-4-13-5-7-14;1-2(3)4/h1-3,13H,4-7H2;1H3,(H,3,4). The van der Waals surface area contributed by atoms with E-state index in [9.17, 15) is 0 Å². The molecule has 0 spiro atoms. The van der Waals surface area contributed by atoms with Crippen LogP contribution >= 0.6 is 23.2 Å². The van der Waals surface area contributed by atoms with Crippen LogP contribution in [0, 0.1) is 0 Å². The first kappa shape index (κ1) is 15.1. The maximum Gasteiger partial charge on any atom is 0.300 e. The smallest absolute Gasteiger partial charge is 0.300 e. The Kier molecular flexibility index (Phi) is 6.25. The number of rotatable bonds is 1. The van der Waals surface area contributed by atoms with Gasteiger partial charge in [0.2, 0.25) is 0 Å². The number of carbonyl (C=O) groups is 1. The monoisotopic (exact) mass is 290 g/mol. The molecule has 100 valence electrons. The minimum absolute atomic E-state index is 0.627. The molecule has 1 heterocycles. The third kappa shape index (κ3) is 4.72. The van der Waals surface area contributed by atoms with Crippen molar-refractivity contribution in [3.8, 4) is 0 Å².